The van der Waals surface area contributed by atoms with E-state index >= 15 is 0 Å². The highest BCUT2D eigenvalue weighted by atomic mass is 16.4. The molecule has 4 N–H and O–H groups in total. The van der Waals surface area contributed by atoms with Crippen molar-refractivity contribution in [3.8, 4) is 0 Å². The minimum Gasteiger partial charge on any atom is -0.480 e. The number of carboxylic acids is 1. The number of hydrogen-bond donors (Lipinski definition) is 4. The highest BCUT2D eigenvalue weighted by Gasteiger charge is 2.48. The van der Waals surface area contributed by atoms with Gasteiger partial charge in [0.05, 0.1) is 0 Å². The lowest BCUT2D eigenvalue weighted by Crippen LogP contribution is -2.59. The van der Waals surface area contributed by atoms with E-state index in [2.05, 4.69) is 16.0 Å². The van der Waals surface area contributed by atoms with Crippen LogP contribution in [0.2, 0.25) is 0 Å². The van der Waals surface area contributed by atoms with E-state index in [0.29, 0.717) is 0 Å². The van der Waals surface area contributed by atoms with Gasteiger partial charge in [-0.3, -0.25) is 4.79 Å². The van der Waals surface area contributed by atoms with Crippen molar-refractivity contribution in [1.82, 2.24) is 16.0 Å². The van der Waals surface area contributed by atoms with E-state index in [0.717, 1.165) is 12.8 Å². The van der Waals surface area contributed by atoms with Gasteiger partial charge in [-0.1, -0.05) is 0 Å². The number of urea groups is 1. The fourth-order valence-corrected chi connectivity index (χ4v) is 1.93. The van der Waals surface area contributed by atoms with Gasteiger partial charge in [-0.25, -0.2) is 9.59 Å². The predicted octanol–water partition coefficient (Wildman–Crippen LogP) is 0.452. The largest absolute Gasteiger partial charge is 0.480 e. The fraction of sp³-hybridized carbons (Fsp3) is 0.769. The Kier molecular flexibility index (Phi) is 4.97. The maximum Gasteiger partial charge on any atom is 0.329 e. The van der Waals surface area contributed by atoms with E-state index in [4.69, 9.17) is 0 Å². The van der Waals surface area contributed by atoms with Gasteiger partial charge >= 0.3 is 12.0 Å². The summed E-state index contributed by atoms with van der Waals surface area (Å²) >= 11 is 0. The Morgan fingerprint density at radius 1 is 1.15 bits per heavy atom. The first-order valence-corrected chi connectivity index (χ1v) is 6.79. The summed E-state index contributed by atoms with van der Waals surface area (Å²) in [7, 11) is 0. The van der Waals surface area contributed by atoms with Crippen molar-refractivity contribution >= 4 is 17.9 Å². The van der Waals surface area contributed by atoms with Gasteiger partial charge in [0.15, 0.2) is 0 Å². The quantitative estimate of drug-likeness (QED) is 0.568. The van der Waals surface area contributed by atoms with Crippen LogP contribution in [0.5, 0.6) is 0 Å². The smallest absolute Gasteiger partial charge is 0.329 e. The molecule has 0 saturated heterocycles. The van der Waals surface area contributed by atoms with Gasteiger partial charge in [-0.05, 0) is 46.5 Å². The Morgan fingerprint density at radius 2 is 1.70 bits per heavy atom. The number of aliphatic carboxylic acids is 1. The molecule has 20 heavy (non-hydrogen) atoms. The predicted molar refractivity (Wildman–Crippen MR) is 73.2 cm³/mol. The number of nitrogens with one attached hydrogen (secondary N) is 3. The lowest BCUT2D eigenvalue weighted by Gasteiger charge is -2.27. The van der Waals surface area contributed by atoms with Crippen molar-refractivity contribution in [2.75, 3.05) is 0 Å². The number of hydrogen-bond acceptors (Lipinski definition) is 3. The molecule has 0 spiro atoms. The average Bonchev–Trinajstić information content (AvgIpc) is 3.10. The molecule has 1 aliphatic carbocycles. The molecule has 0 aromatic carbocycles. The van der Waals surface area contributed by atoms with Gasteiger partial charge in [0.1, 0.15) is 11.6 Å². The van der Waals surface area contributed by atoms with Crippen LogP contribution in [0, 0.1) is 5.92 Å². The Labute approximate surface area is 118 Å². The van der Waals surface area contributed by atoms with E-state index < -0.39 is 23.6 Å². The van der Waals surface area contributed by atoms with Gasteiger partial charge in [0.2, 0.25) is 5.91 Å². The molecule has 0 heterocycles. The molecule has 114 valence electrons. The molecule has 1 saturated carbocycles. The van der Waals surface area contributed by atoms with Crippen LogP contribution in [0.1, 0.15) is 40.5 Å². The molecule has 7 heteroatoms. The summed E-state index contributed by atoms with van der Waals surface area (Å²) < 4.78 is 0. The topological polar surface area (TPSA) is 108 Å². The molecule has 0 aromatic heterocycles. The molecule has 1 aliphatic rings. The normalized spacial score (nSPS) is 18.9. The van der Waals surface area contributed by atoms with Crippen molar-refractivity contribution in [1.29, 1.82) is 0 Å². The van der Waals surface area contributed by atoms with Crippen LogP contribution in [0.25, 0.3) is 0 Å². The van der Waals surface area contributed by atoms with E-state index in [-0.39, 0.29) is 17.9 Å². The van der Waals surface area contributed by atoms with Gasteiger partial charge in [0, 0.05) is 6.04 Å². The Morgan fingerprint density at radius 3 is 2.10 bits per heavy atom. The van der Waals surface area contributed by atoms with Gasteiger partial charge in [-0.15, -0.1) is 0 Å². The lowest BCUT2D eigenvalue weighted by molar-refractivity contribution is -0.144. The van der Waals surface area contributed by atoms with Crippen LogP contribution in [0.15, 0.2) is 0 Å². The molecular weight excluding hydrogens is 262 g/mol. The number of rotatable bonds is 6. The van der Waals surface area contributed by atoms with E-state index in [1.54, 1.807) is 6.92 Å². The van der Waals surface area contributed by atoms with Gasteiger partial charge in [0.25, 0.3) is 0 Å². The summed E-state index contributed by atoms with van der Waals surface area (Å²) in [4.78, 5) is 34.8. The molecule has 0 radical (unpaired) electrons. The van der Waals surface area contributed by atoms with Crippen molar-refractivity contribution in [2.45, 2.75) is 58.2 Å². The van der Waals surface area contributed by atoms with Gasteiger partial charge in [-0.2, -0.15) is 0 Å². The van der Waals surface area contributed by atoms with Crippen LogP contribution in [0.3, 0.4) is 0 Å². The molecule has 3 amide bonds. The molecule has 2 atom stereocenters. The van der Waals surface area contributed by atoms with Crippen LogP contribution in [-0.4, -0.2) is 40.6 Å². The number of carboxylic acid groups (broad SMARTS) is 1. The maximum atomic E-state index is 11.8. The first-order valence-electron chi connectivity index (χ1n) is 6.79. The van der Waals surface area contributed by atoms with Crippen LogP contribution >= 0.6 is 0 Å². The fourth-order valence-electron chi connectivity index (χ4n) is 1.93. The standard InChI is InChI=1S/C13H23N3O4/c1-7(2)14-10(17)8(3)15-12(20)16-13(4,11(18)19)9-5-6-9/h7-9H,5-6H2,1-4H3,(H,14,17)(H,18,19)(H2,15,16,20). The molecule has 0 bridgehead atoms. The Balaban J connectivity index is 2.54. The average molecular weight is 285 g/mol. The maximum absolute atomic E-state index is 11.8. The van der Waals surface area contributed by atoms with E-state index in [1.807, 2.05) is 13.8 Å². The van der Waals surface area contributed by atoms with Crippen molar-refractivity contribution in [2.24, 2.45) is 5.92 Å². The summed E-state index contributed by atoms with van der Waals surface area (Å²) in [6.45, 7) is 6.68. The number of carbonyl (C=O) groups excluding carboxylic acids is 2. The second kappa shape index (κ2) is 6.11. The lowest BCUT2D eigenvalue weighted by atomic mass is 9.96. The van der Waals surface area contributed by atoms with Crippen molar-refractivity contribution in [3.05, 3.63) is 0 Å². The highest BCUT2D eigenvalue weighted by molar-refractivity contribution is 5.90. The zero-order valence-corrected chi connectivity index (χ0v) is 12.3. The highest BCUT2D eigenvalue weighted by Crippen LogP contribution is 2.39. The third-order valence-corrected chi connectivity index (χ3v) is 3.38. The second-order valence-electron chi connectivity index (χ2n) is 5.77. The monoisotopic (exact) mass is 285 g/mol. The molecule has 0 aromatic rings. The molecule has 1 fully saturated rings. The second-order valence-corrected chi connectivity index (χ2v) is 5.77. The van der Waals surface area contributed by atoms with E-state index in [1.165, 1.54) is 6.92 Å². The van der Waals surface area contributed by atoms with Crippen LogP contribution < -0.4 is 16.0 Å². The molecule has 7 nitrogen and oxygen atoms in total. The third kappa shape index (κ3) is 4.11. The number of carbonyl (C=O) groups is 3. The zero-order chi connectivity index (χ0) is 15.5. The minimum absolute atomic E-state index is 0.0226. The molecule has 1 rings (SSSR count). The molecular formula is C13H23N3O4. The van der Waals surface area contributed by atoms with Crippen molar-refractivity contribution in [3.63, 3.8) is 0 Å². The summed E-state index contributed by atoms with van der Waals surface area (Å²) in [5.41, 5.74) is -1.28. The Hall–Kier alpha value is -1.79. The minimum atomic E-state index is -1.28. The van der Waals surface area contributed by atoms with Crippen LogP contribution in [-0.2, 0) is 9.59 Å². The van der Waals surface area contributed by atoms with E-state index in [9.17, 15) is 19.5 Å². The summed E-state index contributed by atoms with van der Waals surface area (Å²) in [5, 5.41) is 16.8. The van der Waals surface area contributed by atoms with Gasteiger partial charge < -0.3 is 21.1 Å². The first-order chi connectivity index (χ1) is 9.16. The summed E-state index contributed by atoms with van der Waals surface area (Å²) in [5.74, 6) is -1.42. The molecule has 2 unspecified atom stereocenters. The molecule has 0 aliphatic heterocycles. The van der Waals surface area contributed by atoms with Crippen LogP contribution in [0.4, 0.5) is 4.79 Å². The number of amides is 3. The third-order valence-electron chi connectivity index (χ3n) is 3.38. The SMILES string of the molecule is CC(C)NC(=O)C(C)NC(=O)NC(C)(C(=O)O)C1CC1. The Bertz CT molecular complexity index is 406. The first kappa shape index (κ1) is 16.3. The summed E-state index contributed by atoms with van der Waals surface area (Å²) in [6.07, 6.45) is 1.57. The zero-order valence-electron chi connectivity index (χ0n) is 12.3. The summed E-state index contributed by atoms with van der Waals surface area (Å²) in [6, 6.07) is -1.39. The van der Waals surface area contributed by atoms with Crippen molar-refractivity contribution < 1.29 is 19.5 Å².